The van der Waals surface area contributed by atoms with Gasteiger partial charge in [0.25, 0.3) is 0 Å². The number of fused-ring (bicyclic) bond motifs is 3. The van der Waals surface area contributed by atoms with Gasteiger partial charge in [-0.1, -0.05) is 42.5 Å². The smallest absolute Gasteiger partial charge is 0.0590 e. The van der Waals surface area contributed by atoms with Gasteiger partial charge < -0.3 is 4.57 Å². The molecule has 4 aromatic rings. The van der Waals surface area contributed by atoms with Crippen molar-refractivity contribution in [3.8, 4) is 0 Å². The molecule has 1 heterocycles. The zero-order chi connectivity index (χ0) is 16.5. The summed E-state index contributed by atoms with van der Waals surface area (Å²) in [7, 11) is 4.07. The van der Waals surface area contributed by atoms with E-state index < -0.39 is 0 Å². The van der Waals surface area contributed by atoms with Gasteiger partial charge in [-0.25, -0.2) is 0 Å². The summed E-state index contributed by atoms with van der Waals surface area (Å²) in [6.07, 6.45) is 1.91. The quantitative estimate of drug-likeness (QED) is 0.393. The Kier molecular flexibility index (Phi) is 3.54. The number of para-hydroxylation sites is 2. The van der Waals surface area contributed by atoms with Crippen LogP contribution in [0.2, 0.25) is 0 Å². The van der Waals surface area contributed by atoms with Gasteiger partial charge in [-0.2, -0.15) is 5.10 Å². The van der Waals surface area contributed by atoms with E-state index in [4.69, 9.17) is 0 Å². The first-order valence-electron chi connectivity index (χ1n) is 8.04. The number of anilines is 1. The van der Waals surface area contributed by atoms with E-state index in [2.05, 4.69) is 59.2 Å². The summed E-state index contributed by atoms with van der Waals surface area (Å²) in [6, 6.07) is 25.1. The van der Waals surface area contributed by atoms with E-state index in [1.807, 2.05) is 48.6 Å². The van der Waals surface area contributed by atoms with Gasteiger partial charge in [-0.3, -0.25) is 5.01 Å². The van der Waals surface area contributed by atoms with Crippen LogP contribution in [0.3, 0.4) is 0 Å². The van der Waals surface area contributed by atoms with Crippen LogP contribution in [0.25, 0.3) is 21.8 Å². The lowest BCUT2D eigenvalue weighted by atomic mass is 10.1. The fourth-order valence-corrected chi connectivity index (χ4v) is 3.13. The Morgan fingerprint density at radius 2 is 1.54 bits per heavy atom. The normalized spacial score (nSPS) is 11.6. The number of nitrogens with zero attached hydrogens (tertiary/aromatic N) is 3. The van der Waals surface area contributed by atoms with Crippen molar-refractivity contribution in [3.63, 3.8) is 0 Å². The number of aryl methyl sites for hydroxylation is 1. The van der Waals surface area contributed by atoms with E-state index in [1.165, 1.54) is 21.8 Å². The molecule has 0 spiro atoms. The van der Waals surface area contributed by atoms with E-state index in [9.17, 15) is 0 Å². The fraction of sp³-hybridized carbons (Fsp3) is 0.0952. The number of hydrazone groups is 1. The molecule has 0 saturated carbocycles. The first-order valence-corrected chi connectivity index (χ1v) is 8.04. The molecule has 0 atom stereocenters. The third-order valence-corrected chi connectivity index (χ3v) is 4.45. The third-order valence-electron chi connectivity index (χ3n) is 4.45. The summed E-state index contributed by atoms with van der Waals surface area (Å²) in [5, 5.41) is 8.98. The van der Waals surface area contributed by atoms with Crippen molar-refractivity contribution in [2.45, 2.75) is 0 Å². The highest BCUT2D eigenvalue weighted by atomic mass is 15.4. The molecule has 1 aromatic heterocycles. The molecule has 0 bridgehead atoms. The van der Waals surface area contributed by atoms with Crippen LogP contribution in [0.1, 0.15) is 5.56 Å². The summed E-state index contributed by atoms with van der Waals surface area (Å²) in [4.78, 5) is 0. The van der Waals surface area contributed by atoms with Crippen LogP contribution in [-0.2, 0) is 7.05 Å². The molecule has 24 heavy (non-hydrogen) atoms. The van der Waals surface area contributed by atoms with Crippen LogP contribution in [0.15, 0.2) is 77.9 Å². The van der Waals surface area contributed by atoms with E-state index in [-0.39, 0.29) is 0 Å². The first-order chi connectivity index (χ1) is 11.7. The van der Waals surface area contributed by atoms with Gasteiger partial charge in [0.2, 0.25) is 0 Å². The first kappa shape index (κ1) is 14.5. The van der Waals surface area contributed by atoms with Gasteiger partial charge in [0.15, 0.2) is 0 Å². The number of benzene rings is 3. The Morgan fingerprint density at radius 3 is 2.38 bits per heavy atom. The maximum Gasteiger partial charge on any atom is 0.0590 e. The molecule has 0 aliphatic carbocycles. The Hall–Kier alpha value is -3.07. The van der Waals surface area contributed by atoms with Crippen LogP contribution in [0, 0.1) is 0 Å². The largest absolute Gasteiger partial charge is 0.344 e. The molecule has 0 aliphatic heterocycles. The van der Waals surface area contributed by atoms with E-state index >= 15 is 0 Å². The SMILES string of the molecule is CN(N=Cc1ccc2c(c1)c1ccccc1n2C)c1ccccc1. The third kappa shape index (κ3) is 2.44. The predicted molar refractivity (Wildman–Crippen MR) is 103 cm³/mol. The molecular formula is C21H19N3. The Morgan fingerprint density at radius 1 is 0.833 bits per heavy atom. The molecule has 118 valence electrons. The monoisotopic (exact) mass is 313 g/mol. The highest BCUT2D eigenvalue weighted by Gasteiger charge is 2.07. The number of hydrogen-bond acceptors (Lipinski definition) is 2. The van der Waals surface area contributed by atoms with Gasteiger partial charge in [0.05, 0.1) is 11.9 Å². The highest BCUT2D eigenvalue weighted by molar-refractivity contribution is 6.09. The number of hydrogen-bond donors (Lipinski definition) is 0. The molecule has 0 unspecified atom stereocenters. The van der Waals surface area contributed by atoms with Gasteiger partial charge in [-0.05, 0) is 35.9 Å². The molecule has 0 fully saturated rings. The fourth-order valence-electron chi connectivity index (χ4n) is 3.13. The molecule has 0 aliphatic rings. The van der Waals surface area contributed by atoms with Crippen LogP contribution in [-0.4, -0.2) is 17.8 Å². The standard InChI is InChI=1S/C21H19N3/c1-23-20-11-7-6-10-18(20)19-14-16(12-13-21(19)23)15-22-24(2)17-8-4-3-5-9-17/h3-15H,1-2H3. The van der Waals surface area contributed by atoms with Crippen molar-refractivity contribution < 1.29 is 0 Å². The second-order valence-electron chi connectivity index (χ2n) is 5.96. The van der Waals surface area contributed by atoms with Crippen molar-refractivity contribution in [1.82, 2.24) is 4.57 Å². The highest BCUT2D eigenvalue weighted by Crippen LogP contribution is 2.28. The van der Waals surface area contributed by atoms with Crippen LogP contribution in [0.4, 0.5) is 5.69 Å². The van der Waals surface area contributed by atoms with Gasteiger partial charge in [-0.15, -0.1) is 0 Å². The average molecular weight is 313 g/mol. The molecule has 3 nitrogen and oxygen atoms in total. The summed E-state index contributed by atoms with van der Waals surface area (Å²) in [6.45, 7) is 0. The van der Waals surface area contributed by atoms with E-state index in [1.54, 1.807) is 0 Å². The molecule has 0 amide bonds. The zero-order valence-corrected chi connectivity index (χ0v) is 13.8. The van der Waals surface area contributed by atoms with E-state index in [0.29, 0.717) is 0 Å². The molecule has 3 aromatic carbocycles. The van der Waals surface area contributed by atoms with Crippen molar-refractivity contribution in [2.24, 2.45) is 12.1 Å². The zero-order valence-electron chi connectivity index (χ0n) is 13.8. The Bertz CT molecular complexity index is 1030. The summed E-state index contributed by atoms with van der Waals surface area (Å²) >= 11 is 0. The second-order valence-corrected chi connectivity index (χ2v) is 5.96. The van der Waals surface area contributed by atoms with Crippen LogP contribution < -0.4 is 5.01 Å². The Labute approximate surface area is 141 Å². The topological polar surface area (TPSA) is 20.5 Å². The van der Waals surface area contributed by atoms with Crippen molar-refractivity contribution >= 4 is 33.7 Å². The molecule has 0 saturated heterocycles. The molecular weight excluding hydrogens is 294 g/mol. The predicted octanol–water partition coefficient (Wildman–Crippen LogP) is 4.80. The molecule has 3 heteroatoms. The van der Waals surface area contributed by atoms with Crippen molar-refractivity contribution in [1.29, 1.82) is 0 Å². The number of aromatic nitrogens is 1. The van der Waals surface area contributed by atoms with Crippen molar-refractivity contribution in [2.75, 3.05) is 12.1 Å². The summed E-state index contributed by atoms with van der Waals surface area (Å²) < 4.78 is 2.24. The Balaban J connectivity index is 1.73. The lowest BCUT2D eigenvalue weighted by Gasteiger charge is -2.12. The number of rotatable bonds is 3. The maximum absolute atomic E-state index is 4.56. The van der Waals surface area contributed by atoms with Crippen LogP contribution in [0.5, 0.6) is 0 Å². The minimum Gasteiger partial charge on any atom is -0.344 e. The lowest BCUT2D eigenvalue weighted by Crippen LogP contribution is -2.08. The van der Waals surface area contributed by atoms with Crippen LogP contribution >= 0.6 is 0 Å². The van der Waals surface area contributed by atoms with E-state index in [0.717, 1.165) is 11.3 Å². The molecule has 4 rings (SSSR count). The minimum absolute atomic E-state index is 1.07. The summed E-state index contributed by atoms with van der Waals surface area (Å²) in [5.74, 6) is 0. The van der Waals surface area contributed by atoms with Gasteiger partial charge in [0, 0.05) is 35.9 Å². The maximum atomic E-state index is 4.56. The molecule has 0 radical (unpaired) electrons. The van der Waals surface area contributed by atoms with Gasteiger partial charge in [0.1, 0.15) is 0 Å². The second kappa shape index (κ2) is 5.85. The summed E-state index contributed by atoms with van der Waals surface area (Å²) in [5.41, 5.74) is 4.66. The molecule has 0 N–H and O–H groups in total. The van der Waals surface area contributed by atoms with Gasteiger partial charge >= 0.3 is 0 Å². The lowest BCUT2D eigenvalue weighted by molar-refractivity contribution is 1.01. The van der Waals surface area contributed by atoms with Crippen molar-refractivity contribution in [3.05, 3.63) is 78.4 Å². The minimum atomic E-state index is 1.07. The average Bonchev–Trinajstić information content (AvgIpc) is 2.93.